The number of hydrogen-bond donors (Lipinski definition) is 0. The van der Waals surface area contributed by atoms with Crippen LogP contribution in [0.5, 0.6) is 0 Å². The maximum atomic E-state index is 13.9. The Balaban J connectivity index is 1.73. The fraction of sp³-hybridized carbons (Fsp3) is 0.316. The average Bonchev–Trinajstić information content (AvgIpc) is 2.55. The maximum Gasteiger partial charge on any atom is 0.257 e. The van der Waals surface area contributed by atoms with E-state index in [9.17, 15) is 9.18 Å². The van der Waals surface area contributed by atoms with E-state index in [2.05, 4.69) is 0 Å². The summed E-state index contributed by atoms with van der Waals surface area (Å²) >= 11 is 0. The molecule has 0 aliphatic carbocycles. The van der Waals surface area contributed by atoms with Gasteiger partial charge < -0.3 is 9.64 Å². The first kappa shape index (κ1) is 15.7. The summed E-state index contributed by atoms with van der Waals surface area (Å²) in [5.41, 5.74) is 1.30. The molecule has 1 heterocycles. The van der Waals surface area contributed by atoms with E-state index in [4.69, 9.17) is 4.74 Å². The van der Waals surface area contributed by atoms with Gasteiger partial charge in [-0.2, -0.15) is 0 Å². The zero-order chi connectivity index (χ0) is 16.2. The molecule has 1 amide bonds. The van der Waals surface area contributed by atoms with Crippen LogP contribution in [-0.4, -0.2) is 36.1 Å². The first-order chi connectivity index (χ1) is 11.1. The summed E-state index contributed by atoms with van der Waals surface area (Å²) in [5, 5.41) is 0. The second kappa shape index (κ2) is 6.92. The van der Waals surface area contributed by atoms with Gasteiger partial charge in [-0.05, 0) is 24.6 Å². The first-order valence-corrected chi connectivity index (χ1v) is 7.86. The number of morpholine rings is 1. The Morgan fingerprint density at radius 2 is 1.83 bits per heavy atom. The minimum absolute atomic E-state index is 0.0619. The molecule has 0 spiro atoms. The van der Waals surface area contributed by atoms with Crippen molar-refractivity contribution in [3.63, 3.8) is 0 Å². The van der Waals surface area contributed by atoms with E-state index < -0.39 is 5.82 Å². The molecule has 2 aromatic rings. The number of halogens is 1. The Labute approximate surface area is 135 Å². The third kappa shape index (κ3) is 3.77. The van der Waals surface area contributed by atoms with Gasteiger partial charge in [0.05, 0.1) is 17.8 Å². The van der Waals surface area contributed by atoms with E-state index in [0.29, 0.717) is 13.1 Å². The Hall–Kier alpha value is -2.20. The van der Waals surface area contributed by atoms with Gasteiger partial charge in [0.25, 0.3) is 5.91 Å². The maximum absolute atomic E-state index is 13.9. The highest BCUT2D eigenvalue weighted by Crippen LogP contribution is 2.19. The van der Waals surface area contributed by atoms with Crippen LogP contribution in [0.2, 0.25) is 0 Å². The van der Waals surface area contributed by atoms with Crippen molar-refractivity contribution >= 4 is 5.91 Å². The molecular formula is C19H20FNO2. The predicted molar refractivity (Wildman–Crippen MR) is 86.8 cm³/mol. The van der Waals surface area contributed by atoms with Gasteiger partial charge in [0, 0.05) is 19.5 Å². The molecule has 3 rings (SSSR count). The lowest BCUT2D eigenvalue weighted by molar-refractivity contribution is -0.0665. The second-order valence-electron chi connectivity index (χ2n) is 5.95. The molecule has 1 aliphatic heterocycles. The van der Waals surface area contributed by atoms with Crippen molar-refractivity contribution in [3.05, 3.63) is 71.5 Å². The minimum Gasteiger partial charge on any atom is -0.371 e. The molecule has 2 aromatic carbocycles. The molecule has 1 aliphatic rings. The summed E-state index contributed by atoms with van der Waals surface area (Å²) in [6.07, 6.45) is 0.608. The molecule has 0 saturated carbocycles. The van der Waals surface area contributed by atoms with Crippen molar-refractivity contribution in [3.8, 4) is 0 Å². The van der Waals surface area contributed by atoms with Gasteiger partial charge in [-0.25, -0.2) is 4.39 Å². The van der Waals surface area contributed by atoms with Crippen molar-refractivity contribution in [2.24, 2.45) is 0 Å². The normalized spacial score (nSPS) is 21.2. The largest absolute Gasteiger partial charge is 0.371 e. The summed E-state index contributed by atoms with van der Waals surface area (Å²) in [7, 11) is 0. The zero-order valence-electron chi connectivity index (χ0n) is 13.1. The van der Waals surface area contributed by atoms with Crippen molar-refractivity contribution in [2.75, 3.05) is 13.1 Å². The van der Waals surface area contributed by atoms with Gasteiger partial charge >= 0.3 is 0 Å². The predicted octanol–water partition coefficient (Wildman–Crippen LogP) is 3.30. The molecule has 0 N–H and O–H groups in total. The molecule has 2 unspecified atom stereocenters. The van der Waals surface area contributed by atoms with Gasteiger partial charge in [0.15, 0.2) is 0 Å². The Morgan fingerprint density at radius 3 is 2.57 bits per heavy atom. The summed E-state index contributed by atoms with van der Waals surface area (Å²) in [5.74, 6) is -0.743. The summed E-state index contributed by atoms with van der Waals surface area (Å²) in [6, 6.07) is 16.2. The molecule has 4 heteroatoms. The van der Waals surface area contributed by atoms with Gasteiger partial charge in [-0.1, -0.05) is 42.5 Å². The van der Waals surface area contributed by atoms with Crippen LogP contribution in [-0.2, 0) is 11.2 Å². The van der Waals surface area contributed by atoms with Crippen LogP contribution in [0.4, 0.5) is 4.39 Å². The summed E-state index contributed by atoms with van der Waals surface area (Å²) in [6.45, 7) is 2.91. The van der Waals surface area contributed by atoms with Gasteiger partial charge in [-0.3, -0.25) is 4.79 Å². The van der Waals surface area contributed by atoms with Crippen molar-refractivity contribution in [1.29, 1.82) is 0 Å². The topological polar surface area (TPSA) is 29.5 Å². The lowest BCUT2D eigenvalue weighted by Crippen LogP contribution is -2.50. The number of amides is 1. The molecule has 0 aromatic heterocycles. The number of ether oxygens (including phenoxy) is 1. The molecule has 3 nitrogen and oxygen atoms in total. The van der Waals surface area contributed by atoms with Crippen LogP contribution >= 0.6 is 0 Å². The molecule has 23 heavy (non-hydrogen) atoms. The van der Waals surface area contributed by atoms with Crippen LogP contribution < -0.4 is 0 Å². The number of carbonyl (C=O) groups excluding carboxylic acids is 1. The second-order valence-corrected chi connectivity index (χ2v) is 5.95. The number of rotatable bonds is 3. The van der Waals surface area contributed by atoms with Crippen molar-refractivity contribution in [1.82, 2.24) is 4.90 Å². The lowest BCUT2D eigenvalue weighted by Gasteiger charge is -2.37. The number of nitrogens with zero attached hydrogens (tertiary/aromatic N) is 1. The number of benzene rings is 2. The third-order valence-corrected chi connectivity index (χ3v) is 4.02. The van der Waals surface area contributed by atoms with E-state index >= 15 is 0 Å². The summed E-state index contributed by atoms with van der Waals surface area (Å²) < 4.78 is 19.8. The van der Waals surface area contributed by atoms with Crippen molar-refractivity contribution < 1.29 is 13.9 Å². The fourth-order valence-corrected chi connectivity index (χ4v) is 3.01. The number of carbonyl (C=O) groups is 1. The van der Waals surface area contributed by atoms with Crippen molar-refractivity contribution in [2.45, 2.75) is 25.6 Å². The monoisotopic (exact) mass is 313 g/mol. The van der Waals surface area contributed by atoms with Crippen LogP contribution in [0.1, 0.15) is 22.8 Å². The molecule has 120 valence electrons. The van der Waals surface area contributed by atoms with E-state index in [1.54, 1.807) is 17.0 Å². The summed E-state index contributed by atoms with van der Waals surface area (Å²) in [4.78, 5) is 14.3. The molecular weight excluding hydrogens is 293 g/mol. The van der Waals surface area contributed by atoms with Crippen LogP contribution in [0, 0.1) is 5.82 Å². The smallest absolute Gasteiger partial charge is 0.257 e. The molecule has 0 bridgehead atoms. The Morgan fingerprint density at radius 1 is 1.13 bits per heavy atom. The fourth-order valence-electron chi connectivity index (χ4n) is 3.01. The van der Waals surface area contributed by atoms with E-state index in [1.165, 1.54) is 17.7 Å². The van der Waals surface area contributed by atoms with Crippen LogP contribution in [0.15, 0.2) is 54.6 Å². The highest BCUT2D eigenvalue weighted by Gasteiger charge is 2.30. The standard InChI is InChI=1S/C19H20FNO2/c1-14-12-21(19(22)17-9-5-6-10-18(17)20)13-16(23-14)11-15-7-3-2-4-8-15/h2-10,14,16H,11-13H2,1H3. The Bertz CT molecular complexity index is 674. The number of hydrogen-bond acceptors (Lipinski definition) is 2. The quantitative estimate of drug-likeness (QED) is 0.870. The van der Waals surface area contributed by atoms with Crippen LogP contribution in [0.3, 0.4) is 0 Å². The van der Waals surface area contributed by atoms with Gasteiger partial charge in [0.2, 0.25) is 0 Å². The van der Waals surface area contributed by atoms with E-state index in [0.717, 1.165) is 6.42 Å². The third-order valence-electron chi connectivity index (χ3n) is 4.02. The first-order valence-electron chi connectivity index (χ1n) is 7.86. The highest BCUT2D eigenvalue weighted by atomic mass is 19.1. The van der Waals surface area contributed by atoms with E-state index in [-0.39, 0.29) is 23.7 Å². The molecule has 1 saturated heterocycles. The lowest BCUT2D eigenvalue weighted by atomic mass is 10.0. The van der Waals surface area contributed by atoms with E-state index in [1.807, 2.05) is 37.3 Å². The molecule has 0 radical (unpaired) electrons. The van der Waals surface area contributed by atoms with Gasteiger partial charge in [0.1, 0.15) is 5.82 Å². The zero-order valence-corrected chi connectivity index (χ0v) is 13.1. The highest BCUT2D eigenvalue weighted by molar-refractivity contribution is 5.94. The minimum atomic E-state index is -0.476. The van der Waals surface area contributed by atoms with Crippen LogP contribution in [0.25, 0.3) is 0 Å². The van der Waals surface area contributed by atoms with Gasteiger partial charge in [-0.15, -0.1) is 0 Å². The SMILES string of the molecule is CC1CN(C(=O)c2ccccc2F)CC(Cc2ccccc2)O1. The average molecular weight is 313 g/mol. The molecule has 1 fully saturated rings. The Kier molecular flexibility index (Phi) is 4.72. The molecule has 2 atom stereocenters.